The lowest BCUT2D eigenvalue weighted by Crippen LogP contribution is -2.28. The number of hydrogen-bond donors (Lipinski definition) is 1. The minimum absolute atomic E-state index is 0.153. The van der Waals surface area contributed by atoms with Crippen molar-refractivity contribution < 1.29 is 38.1 Å². The van der Waals surface area contributed by atoms with Crippen LogP contribution >= 0.6 is 0 Å². The third-order valence-electron chi connectivity index (χ3n) is 9.30. The van der Waals surface area contributed by atoms with Crippen LogP contribution in [0.3, 0.4) is 0 Å². The predicted octanol–water partition coefficient (Wildman–Crippen LogP) is 8.81. The topological polar surface area (TPSA) is 112 Å². The molecule has 8 heteroatoms. The second-order valence-corrected chi connectivity index (χ2v) is 13.5. The van der Waals surface area contributed by atoms with Crippen LogP contribution in [0.25, 0.3) is 0 Å². The standard InChI is InChI=1S/C44H48O8/c1-32(2)50-41(45)25-15-4-3-14-24-37-38(27-29-44(48,35-21-12-7-13-22-35)28-26-36-23-16-30-49-36)40(52-43(47)34-19-10-6-11-20-34)31-39(37)51-42(46)33-17-8-5-9-18-33/h3,5-14,16-23,27,29-30,32,37-40,48H,4,15,24-26,28,31H2,1-2H3/b14-3-,29-27+/t37-,38-,39+,40-,44?/m1/s1. The number of hydrogen-bond acceptors (Lipinski definition) is 8. The van der Waals surface area contributed by atoms with E-state index in [1.165, 1.54) is 0 Å². The van der Waals surface area contributed by atoms with E-state index in [9.17, 15) is 19.5 Å². The number of ether oxygens (including phenoxy) is 3. The van der Waals surface area contributed by atoms with Gasteiger partial charge in [-0.2, -0.15) is 0 Å². The molecular weight excluding hydrogens is 656 g/mol. The van der Waals surface area contributed by atoms with Gasteiger partial charge in [0.15, 0.2) is 0 Å². The van der Waals surface area contributed by atoms with Crippen molar-refractivity contribution in [2.45, 2.75) is 82.7 Å². The maximum atomic E-state index is 13.4. The largest absolute Gasteiger partial charge is 0.469 e. The molecule has 0 radical (unpaired) electrons. The lowest BCUT2D eigenvalue weighted by atomic mass is 9.84. The molecular formula is C44H48O8. The molecule has 1 heterocycles. The molecule has 1 fully saturated rings. The van der Waals surface area contributed by atoms with Gasteiger partial charge in [-0.1, -0.05) is 91.0 Å². The molecule has 1 aliphatic rings. The van der Waals surface area contributed by atoms with Crippen LogP contribution in [0.2, 0.25) is 0 Å². The summed E-state index contributed by atoms with van der Waals surface area (Å²) >= 11 is 0. The lowest BCUT2D eigenvalue weighted by Gasteiger charge is -2.28. The van der Waals surface area contributed by atoms with Gasteiger partial charge in [0.2, 0.25) is 0 Å². The van der Waals surface area contributed by atoms with Gasteiger partial charge in [0.25, 0.3) is 0 Å². The van der Waals surface area contributed by atoms with E-state index in [0.29, 0.717) is 55.2 Å². The molecule has 0 amide bonds. The number of aliphatic hydroxyl groups is 1. The monoisotopic (exact) mass is 704 g/mol. The number of carbonyl (C=O) groups is 3. The quantitative estimate of drug-likeness (QED) is 0.0502. The molecule has 4 aromatic rings. The smallest absolute Gasteiger partial charge is 0.338 e. The van der Waals surface area contributed by atoms with Gasteiger partial charge in [0.05, 0.1) is 23.5 Å². The van der Waals surface area contributed by atoms with Crippen molar-refractivity contribution in [1.82, 2.24) is 0 Å². The van der Waals surface area contributed by atoms with Gasteiger partial charge < -0.3 is 23.7 Å². The Morgan fingerprint density at radius 3 is 2.04 bits per heavy atom. The number of carbonyl (C=O) groups excluding carboxylic acids is 3. The Hall–Kier alpha value is -5.21. The van der Waals surface area contributed by atoms with Crippen LogP contribution in [0, 0.1) is 11.8 Å². The van der Waals surface area contributed by atoms with Gasteiger partial charge in [0.1, 0.15) is 23.6 Å². The number of benzene rings is 3. The molecule has 1 saturated carbocycles. The third-order valence-corrected chi connectivity index (χ3v) is 9.30. The molecule has 272 valence electrons. The van der Waals surface area contributed by atoms with Gasteiger partial charge in [-0.25, -0.2) is 9.59 Å². The van der Waals surface area contributed by atoms with Gasteiger partial charge in [0, 0.05) is 31.1 Å². The van der Waals surface area contributed by atoms with E-state index in [1.54, 1.807) is 60.9 Å². The number of rotatable bonds is 17. The van der Waals surface area contributed by atoms with Crippen molar-refractivity contribution in [1.29, 1.82) is 0 Å². The lowest BCUT2D eigenvalue weighted by molar-refractivity contribution is -0.147. The first kappa shape index (κ1) is 38.0. The van der Waals surface area contributed by atoms with E-state index in [1.807, 2.05) is 86.7 Å². The fourth-order valence-electron chi connectivity index (χ4n) is 6.63. The summed E-state index contributed by atoms with van der Waals surface area (Å²) in [5, 5.41) is 12.2. The van der Waals surface area contributed by atoms with Crippen LogP contribution in [-0.4, -0.2) is 41.3 Å². The Balaban J connectivity index is 1.44. The van der Waals surface area contributed by atoms with E-state index >= 15 is 0 Å². The van der Waals surface area contributed by atoms with Crippen LogP contribution in [0.15, 0.2) is 138 Å². The number of aryl methyl sites for hydroxylation is 1. The second kappa shape index (κ2) is 18.9. The van der Waals surface area contributed by atoms with Crippen molar-refractivity contribution in [3.63, 3.8) is 0 Å². The van der Waals surface area contributed by atoms with E-state index in [-0.39, 0.29) is 24.4 Å². The van der Waals surface area contributed by atoms with Gasteiger partial charge >= 0.3 is 17.9 Å². The van der Waals surface area contributed by atoms with Gasteiger partial charge in [-0.15, -0.1) is 0 Å². The molecule has 0 bridgehead atoms. The third kappa shape index (κ3) is 10.9. The van der Waals surface area contributed by atoms with Crippen molar-refractivity contribution in [3.05, 3.63) is 156 Å². The molecule has 0 spiro atoms. The first-order valence-corrected chi connectivity index (χ1v) is 18.1. The minimum Gasteiger partial charge on any atom is -0.469 e. The number of allylic oxidation sites excluding steroid dienone is 2. The van der Waals surface area contributed by atoms with E-state index in [4.69, 9.17) is 18.6 Å². The summed E-state index contributed by atoms with van der Waals surface area (Å²) in [6.07, 6.45) is 11.2. The number of furan rings is 1. The van der Waals surface area contributed by atoms with Crippen LogP contribution in [-0.2, 0) is 31.0 Å². The van der Waals surface area contributed by atoms with Crippen LogP contribution in [0.4, 0.5) is 0 Å². The number of unbranched alkanes of at least 4 members (excludes halogenated alkanes) is 1. The molecule has 8 nitrogen and oxygen atoms in total. The van der Waals surface area contributed by atoms with Crippen molar-refractivity contribution in [2.75, 3.05) is 0 Å². The van der Waals surface area contributed by atoms with Crippen molar-refractivity contribution in [2.24, 2.45) is 11.8 Å². The zero-order valence-corrected chi connectivity index (χ0v) is 29.8. The maximum absolute atomic E-state index is 13.4. The fraction of sp³-hybridized carbons (Fsp3) is 0.341. The van der Waals surface area contributed by atoms with Crippen LogP contribution in [0.1, 0.15) is 84.4 Å². The molecule has 5 rings (SSSR count). The molecule has 1 aliphatic carbocycles. The normalized spacial score (nSPS) is 19.8. The molecule has 52 heavy (non-hydrogen) atoms. The Morgan fingerprint density at radius 1 is 0.827 bits per heavy atom. The summed E-state index contributed by atoms with van der Waals surface area (Å²) in [5.41, 5.74) is 0.194. The Kier molecular flexibility index (Phi) is 13.8. The first-order valence-electron chi connectivity index (χ1n) is 18.1. The van der Waals surface area contributed by atoms with Crippen molar-refractivity contribution >= 4 is 17.9 Å². The van der Waals surface area contributed by atoms with Gasteiger partial charge in [-0.3, -0.25) is 4.79 Å². The summed E-state index contributed by atoms with van der Waals surface area (Å²) in [6.45, 7) is 3.66. The summed E-state index contributed by atoms with van der Waals surface area (Å²) < 4.78 is 23.2. The van der Waals surface area contributed by atoms with E-state index < -0.39 is 35.7 Å². The van der Waals surface area contributed by atoms with Crippen molar-refractivity contribution in [3.8, 4) is 0 Å². The predicted molar refractivity (Wildman–Crippen MR) is 198 cm³/mol. The Bertz CT molecular complexity index is 1750. The summed E-state index contributed by atoms with van der Waals surface area (Å²) in [6, 6.07) is 30.8. The molecule has 0 saturated heterocycles. The van der Waals surface area contributed by atoms with E-state index in [0.717, 1.165) is 5.76 Å². The Morgan fingerprint density at radius 2 is 1.44 bits per heavy atom. The number of esters is 3. The highest BCUT2D eigenvalue weighted by molar-refractivity contribution is 5.90. The first-order chi connectivity index (χ1) is 25.2. The Labute approximate surface area is 306 Å². The average molecular weight is 705 g/mol. The summed E-state index contributed by atoms with van der Waals surface area (Å²) in [7, 11) is 0. The molecule has 1 N–H and O–H groups in total. The van der Waals surface area contributed by atoms with Gasteiger partial charge in [-0.05, 0) is 81.5 Å². The zero-order valence-electron chi connectivity index (χ0n) is 29.8. The molecule has 1 unspecified atom stereocenters. The molecule has 3 aromatic carbocycles. The zero-order chi connectivity index (χ0) is 36.8. The molecule has 0 aliphatic heterocycles. The molecule has 5 atom stereocenters. The second-order valence-electron chi connectivity index (χ2n) is 13.5. The summed E-state index contributed by atoms with van der Waals surface area (Å²) in [5.74, 6) is -1.10. The molecule has 1 aromatic heterocycles. The van der Waals surface area contributed by atoms with Crippen LogP contribution < -0.4 is 0 Å². The summed E-state index contributed by atoms with van der Waals surface area (Å²) in [4.78, 5) is 38.9. The van der Waals surface area contributed by atoms with E-state index in [2.05, 4.69) is 0 Å². The maximum Gasteiger partial charge on any atom is 0.338 e. The highest BCUT2D eigenvalue weighted by Crippen LogP contribution is 2.42. The SMILES string of the molecule is CC(C)OC(=O)CCC/C=C\C[C@@H]1[C@@H](/C=C/C(O)(CCc2ccco2)c2ccccc2)[C@H](OC(=O)c2ccccc2)C[C@@H]1OC(=O)c1ccccc1. The van der Waals surface area contributed by atoms with Crippen LogP contribution in [0.5, 0.6) is 0 Å². The average Bonchev–Trinajstić information content (AvgIpc) is 3.79. The highest BCUT2D eigenvalue weighted by atomic mass is 16.6. The fourth-order valence-corrected chi connectivity index (χ4v) is 6.63. The minimum atomic E-state index is -1.37. The highest BCUT2D eigenvalue weighted by Gasteiger charge is 2.46.